The Balaban J connectivity index is 1.93. The van der Waals surface area contributed by atoms with Gasteiger partial charge in [-0.15, -0.1) is 0 Å². The van der Waals surface area contributed by atoms with Crippen molar-refractivity contribution in [2.24, 2.45) is 7.05 Å². The number of hydrogen-bond acceptors (Lipinski definition) is 4. The fourth-order valence-corrected chi connectivity index (χ4v) is 3.04. The van der Waals surface area contributed by atoms with Gasteiger partial charge in [-0.05, 0) is 51.5 Å². The Kier molecular flexibility index (Phi) is 4.47. The SMILES string of the molecule is Cc1cc(C(=O)Nc2ccc(C(C)(C)C(=O)O)cc2)c2c(C)nn(C)c2n1. The first-order valence-corrected chi connectivity index (χ1v) is 8.57. The zero-order valence-electron chi connectivity index (χ0n) is 16.0. The van der Waals surface area contributed by atoms with Gasteiger partial charge in [0.15, 0.2) is 5.65 Å². The van der Waals surface area contributed by atoms with Gasteiger partial charge in [0, 0.05) is 18.4 Å². The number of hydrogen-bond donors (Lipinski definition) is 2. The molecule has 7 heteroatoms. The molecule has 27 heavy (non-hydrogen) atoms. The van der Waals surface area contributed by atoms with Crippen molar-refractivity contribution in [3.63, 3.8) is 0 Å². The third-order valence-electron chi connectivity index (χ3n) is 4.74. The zero-order chi connectivity index (χ0) is 19.9. The highest BCUT2D eigenvalue weighted by atomic mass is 16.4. The van der Waals surface area contributed by atoms with Crippen molar-refractivity contribution < 1.29 is 14.7 Å². The fraction of sp³-hybridized carbons (Fsp3) is 0.300. The van der Waals surface area contributed by atoms with Crippen molar-refractivity contribution in [1.29, 1.82) is 0 Å². The number of carboxylic acids is 1. The number of aliphatic carboxylic acids is 1. The van der Waals surface area contributed by atoms with Gasteiger partial charge in [0.2, 0.25) is 0 Å². The van der Waals surface area contributed by atoms with Crippen molar-refractivity contribution in [1.82, 2.24) is 14.8 Å². The van der Waals surface area contributed by atoms with E-state index in [1.165, 1.54) is 0 Å². The van der Waals surface area contributed by atoms with E-state index in [1.54, 1.807) is 55.9 Å². The number of carbonyl (C=O) groups is 2. The van der Waals surface area contributed by atoms with E-state index in [0.717, 1.165) is 16.8 Å². The van der Waals surface area contributed by atoms with Crippen LogP contribution in [0.3, 0.4) is 0 Å². The second-order valence-electron chi connectivity index (χ2n) is 7.18. The summed E-state index contributed by atoms with van der Waals surface area (Å²) in [6.45, 7) is 6.97. The number of rotatable bonds is 4. The molecule has 1 amide bonds. The van der Waals surface area contributed by atoms with E-state index >= 15 is 0 Å². The van der Waals surface area contributed by atoms with Gasteiger partial charge in [0.1, 0.15) is 0 Å². The highest BCUT2D eigenvalue weighted by molar-refractivity contribution is 6.12. The normalized spacial score (nSPS) is 11.6. The molecule has 0 aliphatic rings. The number of benzene rings is 1. The zero-order valence-corrected chi connectivity index (χ0v) is 16.0. The van der Waals surface area contributed by atoms with Gasteiger partial charge < -0.3 is 10.4 Å². The maximum absolute atomic E-state index is 12.9. The summed E-state index contributed by atoms with van der Waals surface area (Å²) in [5.74, 6) is -1.16. The molecule has 0 saturated carbocycles. The Labute approximate surface area is 157 Å². The molecule has 140 valence electrons. The molecule has 1 aromatic carbocycles. The molecule has 0 fully saturated rings. The third-order valence-corrected chi connectivity index (χ3v) is 4.74. The van der Waals surface area contributed by atoms with Crippen LogP contribution in [0.2, 0.25) is 0 Å². The minimum Gasteiger partial charge on any atom is -0.481 e. The van der Waals surface area contributed by atoms with E-state index in [1.807, 2.05) is 13.8 Å². The first-order chi connectivity index (χ1) is 12.6. The summed E-state index contributed by atoms with van der Waals surface area (Å²) in [4.78, 5) is 28.7. The molecule has 7 nitrogen and oxygen atoms in total. The van der Waals surface area contributed by atoms with Crippen LogP contribution < -0.4 is 5.32 Å². The Morgan fingerprint density at radius 1 is 1.15 bits per heavy atom. The predicted molar refractivity (Wildman–Crippen MR) is 103 cm³/mol. The number of aryl methyl sites for hydroxylation is 3. The number of carbonyl (C=O) groups excluding carboxylic acids is 1. The first-order valence-electron chi connectivity index (χ1n) is 8.57. The summed E-state index contributed by atoms with van der Waals surface area (Å²) in [5.41, 5.74) is 2.91. The molecular weight excluding hydrogens is 344 g/mol. The van der Waals surface area contributed by atoms with Gasteiger partial charge >= 0.3 is 5.97 Å². The van der Waals surface area contributed by atoms with E-state index < -0.39 is 11.4 Å². The molecule has 0 spiro atoms. The highest BCUT2D eigenvalue weighted by Gasteiger charge is 2.29. The summed E-state index contributed by atoms with van der Waals surface area (Å²) < 4.78 is 1.66. The van der Waals surface area contributed by atoms with Crippen LogP contribution in [0.1, 0.15) is 41.2 Å². The molecule has 0 aliphatic heterocycles. The molecule has 3 aromatic rings. The lowest BCUT2D eigenvalue weighted by Gasteiger charge is -2.20. The minimum absolute atomic E-state index is 0.258. The number of nitrogens with one attached hydrogen (secondary N) is 1. The van der Waals surface area contributed by atoms with Gasteiger partial charge in [-0.1, -0.05) is 12.1 Å². The van der Waals surface area contributed by atoms with E-state index in [-0.39, 0.29) is 5.91 Å². The molecule has 0 aliphatic carbocycles. The molecule has 0 atom stereocenters. The summed E-state index contributed by atoms with van der Waals surface area (Å²) >= 11 is 0. The Hall–Kier alpha value is -3.22. The molecule has 0 radical (unpaired) electrons. The van der Waals surface area contributed by atoms with Crippen LogP contribution in [0.15, 0.2) is 30.3 Å². The predicted octanol–water partition coefficient (Wildman–Crippen LogP) is 3.20. The van der Waals surface area contributed by atoms with E-state index in [0.29, 0.717) is 22.5 Å². The minimum atomic E-state index is -0.996. The maximum Gasteiger partial charge on any atom is 0.313 e. The van der Waals surface area contributed by atoms with Crippen LogP contribution in [0.4, 0.5) is 5.69 Å². The van der Waals surface area contributed by atoms with Crippen molar-refractivity contribution >= 4 is 28.6 Å². The molecule has 2 aromatic heterocycles. The van der Waals surface area contributed by atoms with Gasteiger partial charge in [0.05, 0.1) is 22.1 Å². The average molecular weight is 366 g/mol. The lowest BCUT2D eigenvalue weighted by Crippen LogP contribution is -2.28. The molecule has 0 bridgehead atoms. The lowest BCUT2D eigenvalue weighted by atomic mass is 9.85. The van der Waals surface area contributed by atoms with Crippen molar-refractivity contribution in [3.8, 4) is 0 Å². The quantitative estimate of drug-likeness (QED) is 0.739. The smallest absolute Gasteiger partial charge is 0.313 e. The molecular formula is C20H22N4O3. The van der Waals surface area contributed by atoms with Gasteiger partial charge in [-0.25, -0.2) is 4.98 Å². The lowest BCUT2D eigenvalue weighted by molar-refractivity contribution is -0.142. The van der Waals surface area contributed by atoms with Crippen molar-refractivity contribution in [2.75, 3.05) is 5.32 Å². The van der Waals surface area contributed by atoms with Gasteiger partial charge in [-0.3, -0.25) is 14.3 Å². The highest BCUT2D eigenvalue weighted by Crippen LogP contribution is 2.26. The second kappa shape index (κ2) is 6.50. The van der Waals surface area contributed by atoms with E-state index in [2.05, 4.69) is 15.4 Å². The Morgan fingerprint density at radius 3 is 2.37 bits per heavy atom. The number of fused-ring (bicyclic) bond motifs is 1. The van der Waals surface area contributed by atoms with Crippen molar-refractivity contribution in [2.45, 2.75) is 33.1 Å². The van der Waals surface area contributed by atoms with Crippen molar-refractivity contribution in [3.05, 3.63) is 52.8 Å². The van der Waals surface area contributed by atoms with Crippen LogP contribution >= 0.6 is 0 Å². The van der Waals surface area contributed by atoms with E-state index in [4.69, 9.17) is 0 Å². The molecule has 0 unspecified atom stereocenters. The van der Waals surface area contributed by atoms with Crippen LogP contribution in [-0.4, -0.2) is 31.7 Å². The van der Waals surface area contributed by atoms with Crippen LogP contribution in [0, 0.1) is 13.8 Å². The molecule has 2 heterocycles. The standard InChI is InChI=1S/C20H22N4O3/c1-11-10-15(16-12(2)23-24(5)17(16)21-11)18(25)22-14-8-6-13(7-9-14)20(3,4)19(26)27/h6-10H,1-5H3,(H,22,25)(H,26,27). The monoisotopic (exact) mass is 366 g/mol. The topological polar surface area (TPSA) is 97.1 Å². The fourth-order valence-electron chi connectivity index (χ4n) is 3.04. The second-order valence-corrected chi connectivity index (χ2v) is 7.18. The summed E-state index contributed by atoms with van der Waals surface area (Å²) in [6.07, 6.45) is 0. The summed E-state index contributed by atoms with van der Waals surface area (Å²) in [5, 5.41) is 17.3. The van der Waals surface area contributed by atoms with Crippen LogP contribution in [-0.2, 0) is 17.3 Å². The molecule has 2 N–H and O–H groups in total. The van der Waals surface area contributed by atoms with E-state index in [9.17, 15) is 14.7 Å². The summed E-state index contributed by atoms with van der Waals surface area (Å²) in [7, 11) is 1.80. The summed E-state index contributed by atoms with van der Waals surface area (Å²) in [6, 6.07) is 8.59. The number of anilines is 1. The number of carboxylic acid groups (broad SMARTS) is 1. The molecule has 3 rings (SSSR count). The number of aromatic nitrogens is 3. The van der Waals surface area contributed by atoms with Crippen LogP contribution in [0.5, 0.6) is 0 Å². The van der Waals surface area contributed by atoms with Crippen LogP contribution in [0.25, 0.3) is 11.0 Å². The van der Waals surface area contributed by atoms with Gasteiger partial charge in [0.25, 0.3) is 5.91 Å². The third kappa shape index (κ3) is 3.28. The Morgan fingerprint density at radius 2 is 1.78 bits per heavy atom. The Bertz CT molecular complexity index is 1050. The first kappa shape index (κ1) is 18.6. The largest absolute Gasteiger partial charge is 0.481 e. The number of pyridine rings is 1. The average Bonchev–Trinajstić information content (AvgIpc) is 2.88. The maximum atomic E-state index is 12.9. The number of nitrogens with zero attached hydrogens (tertiary/aromatic N) is 3. The molecule has 0 saturated heterocycles. The van der Waals surface area contributed by atoms with Gasteiger partial charge in [-0.2, -0.15) is 5.10 Å². The number of amides is 1.